The molecule has 2 rings (SSSR count). The van der Waals surface area contributed by atoms with Gasteiger partial charge in [-0.1, -0.05) is 0 Å². The Morgan fingerprint density at radius 3 is 2.27 bits per heavy atom. The molecule has 6 nitrogen and oxygen atoms in total. The number of nitrogens with one attached hydrogen (secondary N) is 2. The summed E-state index contributed by atoms with van der Waals surface area (Å²) in [5.41, 5.74) is 5.06. The van der Waals surface area contributed by atoms with Gasteiger partial charge in [0.1, 0.15) is 17.5 Å². The Labute approximate surface area is 154 Å². The zero-order valence-electron chi connectivity index (χ0n) is 15.6. The van der Waals surface area contributed by atoms with Crippen LogP contribution in [0.3, 0.4) is 0 Å². The minimum Gasteiger partial charge on any atom is -0.497 e. The van der Waals surface area contributed by atoms with Crippen LogP contribution < -0.4 is 20.2 Å². The van der Waals surface area contributed by atoms with Crippen LogP contribution >= 0.6 is 0 Å². The average Bonchev–Trinajstić information content (AvgIpc) is 2.67. The quantitative estimate of drug-likeness (QED) is 0.562. The monoisotopic (exact) mass is 355 g/mol. The van der Waals surface area contributed by atoms with Gasteiger partial charge in [0, 0.05) is 5.69 Å². The summed E-state index contributed by atoms with van der Waals surface area (Å²) in [7, 11) is 1.62. The van der Waals surface area contributed by atoms with E-state index < -0.39 is 6.04 Å². The fourth-order valence-electron chi connectivity index (χ4n) is 2.26. The molecule has 2 aromatic rings. The van der Waals surface area contributed by atoms with Crippen molar-refractivity contribution in [2.24, 2.45) is 5.10 Å². The highest BCUT2D eigenvalue weighted by Crippen LogP contribution is 2.16. The highest BCUT2D eigenvalue weighted by atomic mass is 16.5. The Morgan fingerprint density at radius 1 is 1.08 bits per heavy atom. The number of anilines is 1. The molecule has 0 aromatic heterocycles. The third kappa shape index (κ3) is 5.51. The number of nitrogens with zero attached hydrogens (tertiary/aromatic N) is 1. The largest absolute Gasteiger partial charge is 0.497 e. The number of rotatable bonds is 8. The van der Waals surface area contributed by atoms with E-state index in [-0.39, 0.29) is 5.91 Å². The van der Waals surface area contributed by atoms with Crippen molar-refractivity contribution in [2.45, 2.75) is 26.8 Å². The fraction of sp³-hybridized carbons (Fsp3) is 0.300. The minimum atomic E-state index is -0.430. The molecule has 0 radical (unpaired) electrons. The number of hydrazone groups is 1. The molecular weight excluding hydrogens is 330 g/mol. The molecular formula is C20H25N3O3. The maximum Gasteiger partial charge on any atom is 0.262 e. The predicted octanol–water partition coefficient (Wildman–Crippen LogP) is 3.43. The van der Waals surface area contributed by atoms with E-state index in [1.54, 1.807) is 14.0 Å². The first kappa shape index (κ1) is 19.3. The predicted molar refractivity (Wildman–Crippen MR) is 104 cm³/mol. The Kier molecular flexibility index (Phi) is 7.02. The molecule has 0 bridgehead atoms. The van der Waals surface area contributed by atoms with Gasteiger partial charge in [0.15, 0.2) is 0 Å². The van der Waals surface area contributed by atoms with Gasteiger partial charge in [0.25, 0.3) is 5.91 Å². The van der Waals surface area contributed by atoms with Gasteiger partial charge >= 0.3 is 0 Å². The van der Waals surface area contributed by atoms with E-state index in [0.29, 0.717) is 12.3 Å². The minimum absolute atomic E-state index is 0.216. The van der Waals surface area contributed by atoms with Gasteiger partial charge in [-0.15, -0.1) is 0 Å². The zero-order valence-corrected chi connectivity index (χ0v) is 15.6. The topological polar surface area (TPSA) is 72.0 Å². The van der Waals surface area contributed by atoms with Crippen molar-refractivity contribution >= 4 is 17.3 Å². The van der Waals surface area contributed by atoms with Gasteiger partial charge in [-0.25, -0.2) is 5.43 Å². The number of carbonyl (C=O) groups excluding carboxylic acids is 1. The molecule has 0 heterocycles. The summed E-state index contributed by atoms with van der Waals surface area (Å²) in [5, 5.41) is 7.30. The van der Waals surface area contributed by atoms with E-state index in [4.69, 9.17) is 9.47 Å². The molecule has 138 valence electrons. The molecule has 0 fully saturated rings. The molecule has 26 heavy (non-hydrogen) atoms. The molecule has 0 saturated heterocycles. The summed E-state index contributed by atoms with van der Waals surface area (Å²) in [5.74, 6) is 1.36. The van der Waals surface area contributed by atoms with Crippen LogP contribution in [0.2, 0.25) is 0 Å². The van der Waals surface area contributed by atoms with E-state index in [1.165, 1.54) is 0 Å². The number of benzene rings is 2. The Morgan fingerprint density at radius 2 is 1.69 bits per heavy atom. The van der Waals surface area contributed by atoms with Crippen LogP contribution in [0.5, 0.6) is 11.5 Å². The Hall–Kier alpha value is -3.02. The van der Waals surface area contributed by atoms with Crippen LogP contribution in [0.15, 0.2) is 53.6 Å². The number of hydrogen-bond donors (Lipinski definition) is 2. The lowest BCUT2D eigenvalue weighted by atomic mass is 10.1. The first-order valence-electron chi connectivity index (χ1n) is 8.51. The van der Waals surface area contributed by atoms with Crippen molar-refractivity contribution in [1.29, 1.82) is 0 Å². The van der Waals surface area contributed by atoms with E-state index in [9.17, 15) is 4.79 Å². The van der Waals surface area contributed by atoms with Gasteiger partial charge in [-0.05, 0) is 74.9 Å². The standard InChI is InChI=1S/C20H25N3O3/c1-5-26-19-12-8-17(9-13-19)21-15(3)20(24)23-22-14(2)16-6-10-18(25-4)11-7-16/h6-13,15,21H,5H2,1-4H3,(H,23,24). The normalized spacial score (nSPS) is 12.2. The summed E-state index contributed by atoms with van der Waals surface area (Å²) in [4.78, 5) is 12.2. The molecule has 1 amide bonds. The van der Waals surface area contributed by atoms with Crippen molar-refractivity contribution in [3.05, 3.63) is 54.1 Å². The van der Waals surface area contributed by atoms with Crippen molar-refractivity contribution in [3.63, 3.8) is 0 Å². The highest BCUT2D eigenvalue weighted by Gasteiger charge is 2.12. The smallest absolute Gasteiger partial charge is 0.262 e. The second-order valence-electron chi connectivity index (χ2n) is 5.73. The number of methoxy groups -OCH3 is 1. The first-order chi connectivity index (χ1) is 12.5. The van der Waals surface area contributed by atoms with Crippen LogP contribution in [0.1, 0.15) is 26.3 Å². The van der Waals surface area contributed by atoms with Crippen molar-refractivity contribution < 1.29 is 14.3 Å². The van der Waals surface area contributed by atoms with Crippen molar-refractivity contribution in [1.82, 2.24) is 5.43 Å². The molecule has 0 aliphatic carbocycles. The van der Waals surface area contributed by atoms with Crippen molar-refractivity contribution in [3.8, 4) is 11.5 Å². The fourth-order valence-corrected chi connectivity index (χ4v) is 2.26. The van der Waals surface area contributed by atoms with Crippen LogP contribution in [0.4, 0.5) is 5.69 Å². The van der Waals surface area contributed by atoms with Crippen LogP contribution in [-0.4, -0.2) is 31.4 Å². The lowest BCUT2D eigenvalue weighted by Gasteiger charge is -2.14. The maximum atomic E-state index is 12.2. The molecule has 1 unspecified atom stereocenters. The summed E-state index contributed by atoms with van der Waals surface area (Å²) >= 11 is 0. The molecule has 2 aromatic carbocycles. The number of hydrogen-bond acceptors (Lipinski definition) is 5. The molecule has 0 aliphatic rings. The lowest BCUT2D eigenvalue weighted by Crippen LogP contribution is -2.35. The molecule has 0 aliphatic heterocycles. The van der Waals surface area contributed by atoms with Crippen LogP contribution in [0, 0.1) is 0 Å². The van der Waals surface area contributed by atoms with E-state index in [1.807, 2.05) is 62.4 Å². The van der Waals surface area contributed by atoms with Gasteiger partial charge in [-0.2, -0.15) is 5.10 Å². The molecule has 1 atom stereocenters. The zero-order chi connectivity index (χ0) is 18.9. The first-order valence-corrected chi connectivity index (χ1v) is 8.51. The molecule has 2 N–H and O–H groups in total. The van der Waals surface area contributed by atoms with Gasteiger partial charge in [0.05, 0.1) is 19.4 Å². The number of carbonyl (C=O) groups is 1. The third-order valence-electron chi connectivity index (χ3n) is 3.78. The second kappa shape index (κ2) is 9.46. The van der Waals surface area contributed by atoms with Gasteiger partial charge < -0.3 is 14.8 Å². The number of amides is 1. The van der Waals surface area contributed by atoms with E-state index in [0.717, 1.165) is 22.7 Å². The summed E-state index contributed by atoms with van der Waals surface area (Å²) in [6, 6.07) is 14.5. The average molecular weight is 355 g/mol. The van der Waals surface area contributed by atoms with E-state index >= 15 is 0 Å². The Bertz CT molecular complexity index is 740. The number of ether oxygens (including phenoxy) is 2. The SMILES string of the molecule is CCOc1ccc(NC(C)C(=O)NN=C(C)c2ccc(OC)cc2)cc1. The van der Waals surface area contributed by atoms with Crippen LogP contribution in [0.25, 0.3) is 0 Å². The van der Waals surface area contributed by atoms with Crippen molar-refractivity contribution in [2.75, 3.05) is 19.0 Å². The summed E-state index contributed by atoms with van der Waals surface area (Å²) in [6.45, 7) is 6.18. The third-order valence-corrected chi connectivity index (χ3v) is 3.78. The molecule has 6 heteroatoms. The van der Waals surface area contributed by atoms with Crippen LogP contribution in [-0.2, 0) is 4.79 Å². The van der Waals surface area contributed by atoms with E-state index in [2.05, 4.69) is 15.8 Å². The van der Waals surface area contributed by atoms with Gasteiger partial charge in [-0.3, -0.25) is 4.79 Å². The van der Waals surface area contributed by atoms with Gasteiger partial charge in [0.2, 0.25) is 0 Å². The second-order valence-corrected chi connectivity index (χ2v) is 5.73. The lowest BCUT2D eigenvalue weighted by molar-refractivity contribution is -0.121. The molecule has 0 spiro atoms. The summed E-state index contributed by atoms with van der Waals surface area (Å²) < 4.78 is 10.5. The highest BCUT2D eigenvalue weighted by molar-refractivity contribution is 5.99. The molecule has 0 saturated carbocycles. The summed E-state index contributed by atoms with van der Waals surface area (Å²) in [6.07, 6.45) is 0. The maximum absolute atomic E-state index is 12.2. The Balaban J connectivity index is 1.90.